The monoisotopic (exact) mass is 284 g/mol. The van der Waals surface area contributed by atoms with Crippen molar-refractivity contribution < 1.29 is 0 Å². The Morgan fingerprint density at radius 2 is 1.81 bits per heavy atom. The van der Waals surface area contributed by atoms with Gasteiger partial charge in [0.1, 0.15) is 5.82 Å². The number of nitrogens with one attached hydrogen (secondary N) is 1. The van der Waals surface area contributed by atoms with Crippen LogP contribution in [-0.2, 0) is 0 Å². The number of nitrogen functional groups attached to an aromatic ring is 1. The average Bonchev–Trinajstić information content (AvgIpc) is 2.47. The fourth-order valence-electron chi connectivity index (χ4n) is 2.35. The number of hydrogen-bond acceptors (Lipinski definition) is 4. The molecule has 0 radical (unpaired) electrons. The van der Waals surface area contributed by atoms with E-state index in [0.29, 0.717) is 5.69 Å². The van der Waals surface area contributed by atoms with E-state index >= 15 is 0 Å². The van der Waals surface area contributed by atoms with E-state index in [0.717, 1.165) is 30.3 Å². The van der Waals surface area contributed by atoms with Gasteiger partial charge in [0.05, 0.1) is 11.4 Å². The van der Waals surface area contributed by atoms with Crippen LogP contribution in [0.25, 0.3) is 0 Å². The highest BCUT2D eigenvalue weighted by molar-refractivity contribution is 5.66. The fraction of sp³-hybridized carbons (Fsp3) is 0.353. The van der Waals surface area contributed by atoms with Crippen LogP contribution in [0.1, 0.15) is 25.1 Å². The van der Waals surface area contributed by atoms with Crippen molar-refractivity contribution in [3.05, 3.63) is 41.6 Å². The summed E-state index contributed by atoms with van der Waals surface area (Å²) in [6.07, 6.45) is 0. The van der Waals surface area contributed by atoms with Crippen molar-refractivity contribution in [3.8, 4) is 0 Å². The van der Waals surface area contributed by atoms with Crippen LogP contribution in [0.3, 0.4) is 0 Å². The first-order valence-corrected chi connectivity index (χ1v) is 7.40. The van der Waals surface area contributed by atoms with E-state index in [9.17, 15) is 0 Å². The maximum absolute atomic E-state index is 5.80. The average molecular weight is 284 g/mol. The largest absolute Gasteiger partial charge is 0.397 e. The zero-order valence-corrected chi connectivity index (χ0v) is 13.3. The Bertz CT molecular complexity index is 618. The van der Waals surface area contributed by atoms with E-state index in [4.69, 9.17) is 5.73 Å². The van der Waals surface area contributed by atoms with Gasteiger partial charge >= 0.3 is 0 Å². The summed E-state index contributed by atoms with van der Waals surface area (Å²) in [6.45, 7) is 10.4. The van der Waals surface area contributed by atoms with Gasteiger partial charge in [0.2, 0.25) is 0 Å². The number of pyridine rings is 1. The van der Waals surface area contributed by atoms with Crippen LogP contribution in [0.2, 0.25) is 0 Å². The smallest absolute Gasteiger partial charge is 0.130 e. The van der Waals surface area contributed by atoms with Crippen molar-refractivity contribution in [2.24, 2.45) is 0 Å². The maximum Gasteiger partial charge on any atom is 0.130 e. The number of nitrogens with zero attached hydrogens (tertiary/aromatic N) is 2. The van der Waals surface area contributed by atoms with Crippen molar-refractivity contribution in [3.63, 3.8) is 0 Å². The molecule has 2 rings (SSSR count). The van der Waals surface area contributed by atoms with Gasteiger partial charge in [-0.15, -0.1) is 0 Å². The maximum atomic E-state index is 5.80. The van der Waals surface area contributed by atoms with E-state index in [1.54, 1.807) is 0 Å². The molecule has 1 heterocycles. The quantitative estimate of drug-likeness (QED) is 0.875. The molecule has 0 amide bonds. The number of nitrogens with two attached hydrogens (primary N) is 1. The summed E-state index contributed by atoms with van der Waals surface area (Å²) in [7, 11) is 0. The van der Waals surface area contributed by atoms with Gasteiger partial charge in [-0.05, 0) is 63.6 Å². The summed E-state index contributed by atoms with van der Waals surface area (Å²) in [5.74, 6) is 0.820. The molecule has 3 N–H and O–H groups in total. The first-order valence-electron chi connectivity index (χ1n) is 7.40. The van der Waals surface area contributed by atoms with Gasteiger partial charge in [-0.3, -0.25) is 0 Å². The third-order valence-corrected chi connectivity index (χ3v) is 3.73. The van der Waals surface area contributed by atoms with E-state index in [-0.39, 0.29) is 0 Å². The summed E-state index contributed by atoms with van der Waals surface area (Å²) in [5, 5.41) is 3.36. The lowest BCUT2D eigenvalue weighted by Gasteiger charge is -2.22. The summed E-state index contributed by atoms with van der Waals surface area (Å²) in [5.41, 5.74) is 10.9. The van der Waals surface area contributed by atoms with Gasteiger partial charge in [0.25, 0.3) is 0 Å². The topological polar surface area (TPSA) is 54.2 Å². The Morgan fingerprint density at radius 1 is 1.10 bits per heavy atom. The second-order valence-corrected chi connectivity index (χ2v) is 5.17. The predicted molar refractivity (Wildman–Crippen MR) is 91.4 cm³/mol. The molecule has 4 heteroatoms. The van der Waals surface area contributed by atoms with Crippen molar-refractivity contribution in [2.75, 3.05) is 29.0 Å². The lowest BCUT2D eigenvalue weighted by Crippen LogP contribution is -2.21. The molecule has 112 valence electrons. The molecule has 0 aliphatic rings. The molecule has 0 fully saturated rings. The highest BCUT2D eigenvalue weighted by Gasteiger charge is 2.06. The summed E-state index contributed by atoms with van der Waals surface area (Å²) in [6, 6.07) is 10.2. The first kappa shape index (κ1) is 15.2. The lowest BCUT2D eigenvalue weighted by molar-refractivity contribution is 0.866. The second kappa shape index (κ2) is 6.48. The molecule has 1 aromatic carbocycles. The van der Waals surface area contributed by atoms with Crippen LogP contribution in [0.15, 0.2) is 30.3 Å². The molecule has 0 saturated carbocycles. The molecule has 0 aliphatic heterocycles. The third-order valence-electron chi connectivity index (χ3n) is 3.73. The van der Waals surface area contributed by atoms with Crippen LogP contribution < -0.4 is 16.0 Å². The molecular formula is C17H24N4. The Labute approximate surface area is 127 Å². The molecule has 1 aromatic heterocycles. The summed E-state index contributed by atoms with van der Waals surface area (Å²) in [4.78, 5) is 6.79. The molecule has 0 bridgehead atoms. The molecule has 21 heavy (non-hydrogen) atoms. The molecule has 0 aliphatic carbocycles. The van der Waals surface area contributed by atoms with Gasteiger partial charge in [0, 0.05) is 24.5 Å². The van der Waals surface area contributed by atoms with E-state index < -0.39 is 0 Å². The molecule has 0 spiro atoms. The van der Waals surface area contributed by atoms with Crippen molar-refractivity contribution in [1.82, 2.24) is 4.98 Å². The summed E-state index contributed by atoms with van der Waals surface area (Å²) >= 11 is 0. The minimum absolute atomic E-state index is 0.717. The van der Waals surface area contributed by atoms with Crippen LogP contribution in [0.5, 0.6) is 0 Å². The van der Waals surface area contributed by atoms with Gasteiger partial charge in [0.15, 0.2) is 0 Å². The number of aromatic nitrogens is 1. The molecule has 0 atom stereocenters. The van der Waals surface area contributed by atoms with Crippen molar-refractivity contribution in [1.29, 1.82) is 0 Å². The Kier molecular flexibility index (Phi) is 4.68. The Hall–Kier alpha value is -2.23. The van der Waals surface area contributed by atoms with Gasteiger partial charge in [-0.1, -0.05) is 0 Å². The minimum atomic E-state index is 0.717. The van der Waals surface area contributed by atoms with Crippen LogP contribution >= 0.6 is 0 Å². The first-order chi connectivity index (χ1) is 10.0. The van der Waals surface area contributed by atoms with E-state index in [2.05, 4.69) is 54.2 Å². The predicted octanol–water partition coefficient (Wildman–Crippen LogP) is 3.87. The molecule has 0 saturated heterocycles. The zero-order valence-electron chi connectivity index (χ0n) is 13.3. The fourth-order valence-corrected chi connectivity index (χ4v) is 2.35. The van der Waals surface area contributed by atoms with Crippen molar-refractivity contribution in [2.45, 2.75) is 27.7 Å². The molecule has 4 nitrogen and oxygen atoms in total. The van der Waals surface area contributed by atoms with E-state index in [1.807, 2.05) is 19.1 Å². The number of benzene rings is 1. The molecular weight excluding hydrogens is 260 g/mol. The van der Waals surface area contributed by atoms with Crippen molar-refractivity contribution >= 4 is 22.9 Å². The lowest BCUT2D eigenvalue weighted by atomic mass is 10.1. The molecule has 0 unspecified atom stereocenters. The third kappa shape index (κ3) is 3.45. The highest BCUT2D eigenvalue weighted by Crippen LogP contribution is 2.25. The SMILES string of the molecule is CCN(CC)c1ccc(Nc2ccc(N)c(C)n2)c(C)c1. The van der Waals surface area contributed by atoms with Gasteiger partial charge < -0.3 is 16.0 Å². The summed E-state index contributed by atoms with van der Waals surface area (Å²) < 4.78 is 0. The van der Waals surface area contributed by atoms with E-state index in [1.165, 1.54) is 11.3 Å². The second-order valence-electron chi connectivity index (χ2n) is 5.17. The van der Waals surface area contributed by atoms with Crippen LogP contribution in [-0.4, -0.2) is 18.1 Å². The Morgan fingerprint density at radius 3 is 2.38 bits per heavy atom. The number of rotatable bonds is 5. The Balaban J connectivity index is 2.23. The number of aryl methyl sites for hydroxylation is 2. The molecule has 2 aromatic rings. The van der Waals surface area contributed by atoms with Crippen LogP contribution in [0, 0.1) is 13.8 Å². The number of hydrogen-bond donors (Lipinski definition) is 2. The minimum Gasteiger partial charge on any atom is -0.397 e. The zero-order chi connectivity index (χ0) is 15.4. The van der Waals surface area contributed by atoms with Gasteiger partial charge in [-0.25, -0.2) is 4.98 Å². The van der Waals surface area contributed by atoms with Crippen LogP contribution in [0.4, 0.5) is 22.9 Å². The standard InChI is InChI=1S/C17H24N4/c1-5-21(6-2)14-7-9-16(12(3)11-14)20-17-10-8-15(18)13(4)19-17/h7-11H,5-6,18H2,1-4H3,(H,19,20). The number of anilines is 4. The highest BCUT2D eigenvalue weighted by atomic mass is 15.1. The normalized spacial score (nSPS) is 10.5. The van der Waals surface area contributed by atoms with Gasteiger partial charge in [-0.2, -0.15) is 0 Å².